The van der Waals surface area contributed by atoms with Crippen molar-refractivity contribution in [3.63, 3.8) is 0 Å². The molecule has 1 aliphatic heterocycles. The second kappa shape index (κ2) is 8.96. The van der Waals surface area contributed by atoms with Crippen LogP contribution in [0.4, 0.5) is 0 Å². The first kappa shape index (κ1) is 20.0. The summed E-state index contributed by atoms with van der Waals surface area (Å²) < 4.78 is 0. The first-order valence-corrected chi connectivity index (χ1v) is 9.99. The number of hydrogen-bond donors (Lipinski definition) is 0. The number of fused-ring (bicyclic) bond motifs is 1. The molecule has 0 aliphatic carbocycles. The number of hydrogen-bond acceptors (Lipinski definition) is 3. The van der Waals surface area contributed by atoms with Crippen molar-refractivity contribution in [3.8, 4) is 0 Å². The summed E-state index contributed by atoms with van der Waals surface area (Å²) in [5, 5.41) is 0. The Bertz CT molecular complexity index is 858. The van der Waals surface area contributed by atoms with Gasteiger partial charge in [-0.25, -0.2) is 0 Å². The predicted molar refractivity (Wildman–Crippen MR) is 113 cm³/mol. The summed E-state index contributed by atoms with van der Waals surface area (Å²) >= 11 is 0. The summed E-state index contributed by atoms with van der Waals surface area (Å²) in [6.45, 7) is 6.75. The van der Waals surface area contributed by atoms with Crippen molar-refractivity contribution in [3.05, 3.63) is 71.3 Å². The normalized spacial score (nSPS) is 18.0. The number of benzene rings is 2. The van der Waals surface area contributed by atoms with Crippen molar-refractivity contribution in [1.82, 2.24) is 4.90 Å². The second-order valence-electron chi connectivity index (χ2n) is 7.90. The Morgan fingerprint density at radius 1 is 0.964 bits per heavy atom. The van der Waals surface area contributed by atoms with E-state index >= 15 is 0 Å². The van der Waals surface area contributed by atoms with Crippen LogP contribution in [0.25, 0.3) is 0 Å². The maximum absolute atomic E-state index is 13.2. The molecule has 0 bridgehead atoms. The van der Waals surface area contributed by atoms with Crippen molar-refractivity contribution in [2.45, 2.75) is 52.1 Å². The van der Waals surface area contributed by atoms with Crippen LogP contribution >= 0.6 is 0 Å². The van der Waals surface area contributed by atoms with Gasteiger partial charge in [0, 0.05) is 17.8 Å². The maximum atomic E-state index is 13.2. The monoisotopic (exact) mass is 376 g/mol. The van der Waals surface area contributed by atoms with Crippen LogP contribution < -0.4 is 0 Å². The molecular weight excluding hydrogens is 348 g/mol. The Hall–Kier alpha value is -2.75. The number of aliphatic imine (C=N–C) groups is 1. The zero-order chi connectivity index (χ0) is 20.1. The lowest BCUT2D eigenvalue weighted by Crippen LogP contribution is -2.44. The third-order valence-electron chi connectivity index (χ3n) is 5.14. The number of nitrogens with zero attached hydrogens (tertiary/aromatic N) is 2. The van der Waals surface area contributed by atoms with Crippen LogP contribution in [-0.4, -0.2) is 29.0 Å². The molecule has 0 radical (unpaired) electrons. The fourth-order valence-electron chi connectivity index (χ4n) is 3.45. The highest BCUT2D eigenvalue weighted by molar-refractivity contribution is 6.16. The molecule has 1 unspecified atom stereocenters. The van der Waals surface area contributed by atoms with E-state index < -0.39 is 5.92 Å². The van der Waals surface area contributed by atoms with Crippen LogP contribution in [0.5, 0.6) is 0 Å². The lowest BCUT2D eigenvalue weighted by Gasteiger charge is -2.31. The molecule has 2 atom stereocenters. The van der Waals surface area contributed by atoms with Gasteiger partial charge in [-0.05, 0) is 42.9 Å². The van der Waals surface area contributed by atoms with Gasteiger partial charge in [0.15, 0.2) is 0 Å². The molecule has 0 aromatic heterocycles. The Labute approximate surface area is 167 Å². The number of amides is 2. The first-order valence-electron chi connectivity index (χ1n) is 9.99. The lowest BCUT2D eigenvalue weighted by atomic mass is 9.89. The van der Waals surface area contributed by atoms with E-state index in [1.165, 1.54) is 4.90 Å². The third-order valence-corrected chi connectivity index (χ3v) is 5.14. The number of rotatable bonds is 7. The SMILES string of the molecule is CC(C)CC[C@H](C)N=CC1C(=O)N(Cc2ccccc2)C(=O)c2ccccc21. The van der Waals surface area contributed by atoms with Gasteiger partial charge in [-0.3, -0.25) is 19.5 Å². The van der Waals surface area contributed by atoms with Gasteiger partial charge >= 0.3 is 0 Å². The van der Waals surface area contributed by atoms with Crippen LogP contribution in [-0.2, 0) is 11.3 Å². The molecule has 2 aromatic carbocycles. The quantitative estimate of drug-likeness (QED) is 0.512. The molecule has 0 saturated heterocycles. The second-order valence-corrected chi connectivity index (χ2v) is 7.90. The van der Waals surface area contributed by atoms with Gasteiger partial charge in [-0.2, -0.15) is 0 Å². The molecule has 0 N–H and O–H groups in total. The summed E-state index contributed by atoms with van der Waals surface area (Å²) in [6.07, 6.45) is 3.84. The fourth-order valence-corrected chi connectivity index (χ4v) is 3.45. The van der Waals surface area contributed by atoms with E-state index in [1.54, 1.807) is 12.3 Å². The van der Waals surface area contributed by atoms with Gasteiger partial charge in [-0.15, -0.1) is 0 Å². The molecule has 2 amide bonds. The molecule has 1 aliphatic rings. The van der Waals surface area contributed by atoms with Crippen LogP contribution in [0, 0.1) is 5.92 Å². The van der Waals surface area contributed by atoms with Gasteiger partial charge in [0.05, 0.1) is 12.5 Å². The highest BCUT2D eigenvalue weighted by Crippen LogP contribution is 2.29. The summed E-state index contributed by atoms with van der Waals surface area (Å²) in [7, 11) is 0. The molecule has 0 spiro atoms. The van der Waals surface area contributed by atoms with Crippen LogP contribution in [0.2, 0.25) is 0 Å². The van der Waals surface area contributed by atoms with Crippen LogP contribution in [0.3, 0.4) is 0 Å². The third kappa shape index (κ3) is 4.56. The summed E-state index contributed by atoms with van der Waals surface area (Å²) in [5.41, 5.74) is 2.27. The molecule has 146 valence electrons. The number of carbonyl (C=O) groups excluding carboxylic acids is 2. The topological polar surface area (TPSA) is 49.7 Å². The van der Waals surface area contributed by atoms with E-state index in [0.717, 1.165) is 24.0 Å². The van der Waals surface area contributed by atoms with E-state index in [0.29, 0.717) is 11.5 Å². The Balaban J connectivity index is 1.87. The molecular formula is C24H28N2O2. The van der Waals surface area contributed by atoms with Crippen molar-refractivity contribution in [2.24, 2.45) is 10.9 Å². The summed E-state index contributed by atoms with van der Waals surface area (Å²) in [4.78, 5) is 32.2. The Morgan fingerprint density at radius 2 is 1.64 bits per heavy atom. The van der Waals surface area contributed by atoms with Gasteiger partial charge < -0.3 is 0 Å². The number of carbonyl (C=O) groups is 2. The largest absolute Gasteiger partial charge is 0.293 e. The van der Waals surface area contributed by atoms with E-state index in [9.17, 15) is 9.59 Å². The minimum absolute atomic E-state index is 0.155. The zero-order valence-electron chi connectivity index (χ0n) is 16.8. The fraction of sp³-hybridized carbons (Fsp3) is 0.375. The van der Waals surface area contributed by atoms with Crippen LogP contribution in [0.1, 0.15) is 61.0 Å². The van der Waals surface area contributed by atoms with Gasteiger partial charge in [0.2, 0.25) is 5.91 Å². The van der Waals surface area contributed by atoms with Crippen LogP contribution in [0.15, 0.2) is 59.6 Å². The minimum Gasteiger partial charge on any atom is -0.293 e. The highest BCUT2D eigenvalue weighted by atomic mass is 16.2. The average Bonchev–Trinajstić information content (AvgIpc) is 2.70. The van der Waals surface area contributed by atoms with E-state index in [2.05, 4.69) is 25.8 Å². The van der Waals surface area contributed by atoms with Gasteiger partial charge in [-0.1, -0.05) is 62.4 Å². The molecule has 28 heavy (non-hydrogen) atoms. The Kier molecular flexibility index (Phi) is 6.40. The summed E-state index contributed by atoms with van der Waals surface area (Å²) in [5.74, 6) is -0.317. The summed E-state index contributed by atoms with van der Waals surface area (Å²) in [6, 6.07) is 17.1. The number of imide groups is 1. The average molecular weight is 377 g/mol. The van der Waals surface area contributed by atoms with Crippen molar-refractivity contribution in [2.75, 3.05) is 0 Å². The molecule has 1 heterocycles. The Morgan fingerprint density at radius 3 is 2.36 bits per heavy atom. The predicted octanol–water partition coefficient (Wildman–Crippen LogP) is 4.85. The van der Waals surface area contributed by atoms with Crippen molar-refractivity contribution in [1.29, 1.82) is 0 Å². The first-order chi connectivity index (χ1) is 13.5. The standard InChI is InChI=1S/C24H28N2O2/c1-17(2)13-14-18(3)25-15-22-20-11-7-8-12-21(20)23(27)26(24(22)28)16-19-9-5-4-6-10-19/h4-12,15,17-18,22H,13-14,16H2,1-3H3/t18-,22?/m0/s1. The molecule has 4 nitrogen and oxygen atoms in total. The minimum atomic E-state index is -0.515. The lowest BCUT2D eigenvalue weighted by molar-refractivity contribution is -0.129. The zero-order valence-corrected chi connectivity index (χ0v) is 16.8. The van der Waals surface area contributed by atoms with E-state index in [-0.39, 0.29) is 24.4 Å². The van der Waals surface area contributed by atoms with Crippen molar-refractivity contribution >= 4 is 18.0 Å². The van der Waals surface area contributed by atoms with E-state index in [4.69, 9.17) is 0 Å². The molecule has 2 aromatic rings. The smallest absolute Gasteiger partial charge is 0.261 e. The van der Waals surface area contributed by atoms with Gasteiger partial charge in [0.1, 0.15) is 0 Å². The molecule has 4 heteroatoms. The highest BCUT2D eigenvalue weighted by Gasteiger charge is 2.37. The van der Waals surface area contributed by atoms with Crippen molar-refractivity contribution < 1.29 is 9.59 Å². The molecule has 3 rings (SSSR count). The van der Waals surface area contributed by atoms with E-state index in [1.807, 2.05) is 48.5 Å². The van der Waals surface area contributed by atoms with Gasteiger partial charge in [0.25, 0.3) is 5.91 Å². The molecule has 0 saturated carbocycles. The maximum Gasteiger partial charge on any atom is 0.261 e. The molecule has 0 fully saturated rings.